The van der Waals surface area contributed by atoms with Crippen molar-refractivity contribution in [3.63, 3.8) is 0 Å². The summed E-state index contributed by atoms with van der Waals surface area (Å²) in [6.45, 7) is 1.89. The van der Waals surface area contributed by atoms with Crippen molar-refractivity contribution < 1.29 is 9.18 Å². The monoisotopic (exact) mass is 378 g/mol. The maximum absolute atomic E-state index is 13.4. The molecule has 0 aliphatic rings. The third-order valence-corrected chi connectivity index (χ3v) is 4.72. The molecule has 0 radical (unpaired) electrons. The quantitative estimate of drug-likeness (QED) is 0.560. The Hall–Kier alpha value is -3.32. The molecule has 134 valence electrons. The van der Waals surface area contributed by atoms with Gasteiger partial charge in [0.2, 0.25) is 0 Å². The van der Waals surface area contributed by atoms with E-state index in [2.05, 4.69) is 15.4 Å². The summed E-state index contributed by atoms with van der Waals surface area (Å²) in [4.78, 5) is 16.9. The van der Waals surface area contributed by atoms with E-state index in [1.807, 2.05) is 37.3 Å². The summed E-state index contributed by atoms with van der Waals surface area (Å²) in [6, 6.07) is 17.5. The number of aromatic nitrogens is 3. The summed E-state index contributed by atoms with van der Waals surface area (Å²) >= 11 is 1.28. The van der Waals surface area contributed by atoms with Crippen LogP contribution in [0.25, 0.3) is 16.9 Å². The Bertz CT molecular complexity index is 1100. The smallest absolute Gasteiger partial charge is 0.277 e. The van der Waals surface area contributed by atoms with Gasteiger partial charge in [0.1, 0.15) is 5.82 Å². The largest absolute Gasteiger partial charge is 0.296 e. The Morgan fingerprint density at radius 1 is 1.11 bits per heavy atom. The summed E-state index contributed by atoms with van der Waals surface area (Å²) in [5, 5.41) is 9.35. The molecule has 0 unspecified atom stereocenters. The van der Waals surface area contributed by atoms with Gasteiger partial charge in [0.25, 0.3) is 5.91 Å². The van der Waals surface area contributed by atoms with E-state index in [0.717, 1.165) is 11.4 Å². The molecule has 0 spiro atoms. The minimum Gasteiger partial charge on any atom is -0.296 e. The molecule has 0 saturated heterocycles. The fourth-order valence-electron chi connectivity index (χ4n) is 2.69. The number of hydrogen-bond acceptors (Lipinski definition) is 4. The zero-order valence-corrected chi connectivity index (χ0v) is 15.2. The normalized spacial score (nSPS) is 10.7. The van der Waals surface area contributed by atoms with Crippen LogP contribution in [0.1, 0.15) is 16.2 Å². The Labute approximate surface area is 159 Å². The summed E-state index contributed by atoms with van der Waals surface area (Å²) in [5.74, 6) is -0.666. The Kier molecular flexibility index (Phi) is 4.52. The highest BCUT2D eigenvalue weighted by molar-refractivity contribution is 7.14. The third kappa shape index (κ3) is 3.63. The van der Waals surface area contributed by atoms with Crippen molar-refractivity contribution in [1.29, 1.82) is 0 Å². The molecule has 4 aromatic rings. The molecule has 7 heteroatoms. The first-order valence-electron chi connectivity index (χ1n) is 8.25. The van der Waals surface area contributed by atoms with Gasteiger partial charge in [0.05, 0.1) is 11.4 Å². The van der Waals surface area contributed by atoms with Crippen LogP contribution in [0.5, 0.6) is 0 Å². The zero-order valence-electron chi connectivity index (χ0n) is 14.4. The zero-order chi connectivity index (χ0) is 18.8. The Morgan fingerprint density at radius 2 is 1.93 bits per heavy atom. The molecule has 2 aromatic heterocycles. The minimum atomic E-state index is -0.340. The van der Waals surface area contributed by atoms with Gasteiger partial charge in [-0.1, -0.05) is 30.3 Å². The second-order valence-electron chi connectivity index (χ2n) is 5.92. The lowest BCUT2D eigenvalue weighted by Gasteiger charge is -2.02. The highest BCUT2D eigenvalue weighted by atomic mass is 32.1. The van der Waals surface area contributed by atoms with Crippen molar-refractivity contribution in [3.8, 4) is 16.9 Å². The standard InChI is InChI=1S/C20H15FN4OS/c1-13-10-17(24-25(13)16-8-3-2-4-9-16)19(26)23-20-22-18(12-27-20)14-6-5-7-15(21)11-14/h2-12H,1H3,(H,22,23,26). The van der Waals surface area contributed by atoms with Gasteiger partial charge in [0, 0.05) is 16.6 Å². The fraction of sp³-hybridized carbons (Fsp3) is 0.0500. The highest BCUT2D eigenvalue weighted by Crippen LogP contribution is 2.25. The predicted molar refractivity (Wildman–Crippen MR) is 104 cm³/mol. The van der Waals surface area contributed by atoms with E-state index >= 15 is 0 Å². The third-order valence-electron chi connectivity index (χ3n) is 3.97. The van der Waals surface area contributed by atoms with Gasteiger partial charge in [-0.2, -0.15) is 5.10 Å². The van der Waals surface area contributed by atoms with Crippen molar-refractivity contribution in [2.24, 2.45) is 0 Å². The van der Waals surface area contributed by atoms with E-state index in [1.54, 1.807) is 28.3 Å². The van der Waals surface area contributed by atoms with Gasteiger partial charge in [-0.05, 0) is 37.3 Å². The molecule has 2 heterocycles. The van der Waals surface area contributed by atoms with Crippen molar-refractivity contribution in [1.82, 2.24) is 14.8 Å². The first kappa shape index (κ1) is 17.1. The van der Waals surface area contributed by atoms with Gasteiger partial charge in [-0.3, -0.25) is 10.1 Å². The second kappa shape index (κ2) is 7.13. The number of thiazole rings is 1. The molecule has 4 rings (SSSR count). The van der Waals surface area contributed by atoms with E-state index in [1.165, 1.54) is 23.5 Å². The van der Waals surface area contributed by atoms with Crippen LogP contribution in [-0.2, 0) is 0 Å². The molecule has 1 amide bonds. The van der Waals surface area contributed by atoms with Crippen LogP contribution in [0.4, 0.5) is 9.52 Å². The predicted octanol–water partition coefficient (Wildman–Crippen LogP) is 4.70. The van der Waals surface area contributed by atoms with E-state index in [4.69, 9.17) is 0 Å². The molecule has 1 N–H and O–H groups in total. The van der Waals surface area contributed by atoms with Crippen LogP contribution in [0.2, 0.25) is 0 Å². The van der Waals surface area contributed by atoms with Gasteiger partial charge >= 0.3 is 0 Å². The molecular formula is C20H15FN4OS. The molecule has 5 nitrogen and oxygen atoms in total. The SMILES string of the molecule is Cc1cc(C(=O)Nc2nc(-c3cccc(F)c3)cs2)nn1-c1ccccc1. The maximum Gasteiger partial charge on any atom is 0.277 e. The summed E-state index contributed by atoms with van der Waals surface area (Å²) in [7, 11) is 0. The lowest BCUT2D eigenvalue weighted by atomic mass is 10.2. The summed E-state index contributed by atoms with van der Waals surface area (Å²) in [5.41, 5.74) is 3.32. The van der Waals surface area contributed by atoms with E-state index in [9.17, 15) is 9.18 Å². The summed E-state index contributed by atoms with van der Waals surface area (Å²) < 4.78 is 15.1. The number of carbonyl (C=O) groups excluding carboxylic acids is 1. The van der Waals surface area contributed by atoms with Crippen LogP contribution in [0.15, 0.2) is 66.0 Å². The topological polar surface area (TPSA) is 59.8 Å². The number of carbonyl (C=O) groups is 1. The van der Waals surface area contributed by atoms with E-state index in [0.29, 0.717) is 22.1 Å². The number of aryl methyl sites for hydroxylation is 1. The number of hydrogen-bond donors (Lipinski definition) is 1. The van der Waals surface area contributed by atoms with Crippen LogP contribution in [0.3, 0.4) is 0 Å². The van der Waals surface area contributed by atoms with Gasteiger partial charge < -0.3 is 0 Å². The number of para-hydroxylation sites is 1. The first-order chi connectivity index (χ1) is 13.1. The van der Waals surface area contributed by atoms with Crippen LogP contribution in [0, 0.1) is 12.7 Å². The van der Waals surface area contributed by atoms with Crippen LogP contribution < -0.4 is 5.32 Å². The second-order valence-corrected chi connectivity index (χ2v) is 6.78. The van der Waals surface area contributed by atoms with Crippen LogP contribution in [-0.4, -0.2) is 20.7 Å². The molecule has 0 atom stereocenters. The van der Waals surface area contributed by atoms with Crippen molar-refractivity contribution >= 4 is 22.4 Å². The Balaban J connectivity index is 1.53. The first-order valence-corrected chi connectivity index (χ1v) is 9.13. The van der Waals surface area contributed by atoms with E-state index in [-0.39, 0.29) is 11.7 Å². The molecule has 0 fully saturated rings. The molecular weight excluding hydrogens is 363 g/mol. The lowest BCUT2D eigenvalue weighted by molar-refractivity contribution is 0.102. The minimum absolute atomic E-state index is 0.304. The maximum atomic E-state index is 13.4. The number of halogens is 1. The number of nitrogens with zero attached hydrogens (tertiary/aromatic N) is 3. The van der Waals surface area contributed by atoms with Crippen molar-refractivity contribution in [3.05, 3.63) is 83.2 Å². The van der Waals surface area contributed by atoms with Gasteiger partial charge in [-0.25, -0.2) is 14.1 Å². The average molecular weight is 378 g/mol. The lowest BCUT2D eigenvalue weighted by Crippen LogP contribution is -2.13. The number of benzene rings is 2. The van der Waals surface area contributed by atoms with Crippen LogP contribution >= 0.6 is 11.3 Å². The molecule has 27 heavy (non-hydrogen) atoms. The number of nitrogens with one attached hydrogen (secondary N) is 1. The van der Waals surface area contributed by atoms with Gasteiger partial charge in [-0.15, -0.1) is 11.3 Å². The molecule has 0 bridgehead atoms. The highest BCUT2D eigenvalue weighted by Gasteiger charge is 2.15. The number of anilines is 1. The fourth-order valence-corrected chi connectivity index (χ4v) is 3.40. The van der Waals surface area contributed by atoms with Crippen molar-refractivity contribution in [2.45, 2.75) is 6.92 Å². The molecule has 2 aromatic carbocycles. The summed E-state index contributed by atoms with van der Waals surface area (Å²) in [6.07, 6.45) is 0. The molecule has 0 aliphatic heterocycles. The molecule has 0 saturated carbocycles. The number of rotatable bonds is 4. The number of amides is 1. The van der Waals surface area contributed by atoms with Crippen molar-refractivity contribution in [2.75, 3.05) is 5.32 Å². The van der Waals surface area contributed by atoms with E-state index < -0.39 is 0 Å². The average Bonchev–Trinajstić information content (AvgIpc) is 3.29. The molecule has 0 aliphatic carbocycles. The Morgan fingerprint density at radius 3 is 2.70 bits per heavy atom. The van der Waals surface area contributed by atoms with Gasteiger partial charge in [0.15, 0.2) is 10.8 Å².